The summed E-state index contributed by atoms with van der Waals surface area (Å²) < 4.78 is 0. The van der Waals surface area contributed by atoms with Crippen molar-refractivity contribution >= 4 is 22.6 Å². The second kappa shape index (κ2) is 6.00. The van der Waals surface area contributed by atoms with E-state index < -0.39 is 0 Å². The Morgan fingerprint density at radius 3 is 2.71 bits per heavy atom. The number of nitrogens with zero attached hydrogens (tertiary/aromatic N) is 3. The number of aromatic nitrogens is 2. The van der Waals surface area contributed by atoms with E-state index in [4.69, 9.17) is 0 Å². The molecule has 4 nitrogen and oxygen atoms in total. The van der Waals surface area contributed by atoms with Crippen LogP contribution in [0.2, 0.25) is 0 Å². The molecule has 2 heterocycles. The third kappa shape index (κ3) is 3.19. The van der Waals surface area contributed by atoms with E-state index in [0.717, 1.165) is 23.3 Å². The summed E-state index contributed by atoms with van der Waals surface area (Å²) in [5, 5.41) is 4.88. The molecule has 2 rings (SSSR count). The van der Waals surface area contributed by atoms with Crippen molar-refractivity contribution in [3.63, 3.8) is 0 Å². The Morgan fingerprint density at radius 2 is 2.06 bits per heavy atom. The zero-order valence-corrected chi connectivity index (χ0v) is 11.1. The predicted molar refractivity (Wildman–Crippen MR) is 73.4 cm³/mol. The molecule has 17 heavy (non-hydrogen) atoms. The molecule has 5 heteroatoms. The minimum atomic E-state index is 0.622. The summed E-state index contributed by atoms with van der Waals surface area (Å²) in [5.74, 6) is 0.759. The minimum Gasteiger partial charge on any atom is -0.332 e. The first-order valence-electron chi connectivity index (χ1n) is 6.06. The topological polar surface area (TPSA) is 50.2 Å². The molecule has 0 saturated heterocycles. The third-order valence-corrected chi connectivity index (χ3v) is 4.36. The van der Waals surface area contributed by atoms with Crippen LogP contribution in [0, 0.1) is 5.92 Å². The zero-order chi connectivity index (χ0) is 12.1. The Balaban J connectivity index is 1.90. The molecule has 0 fully saturated rings. The van der Waals surface area contributed by atoms with Gasteiger partial charge >= 0.3 is 0 Å². The van der Waals surface area contributed by atoms with Gasteiger partial charge < -0.3 is 5.32 Å². The second-order valence-corrected chi connectivity index (χ2v) is 5.36. The van der Waals surface area contributed by atoms with Crippen LogP contribution in [0.25, 0.3) is 0 Å². The number of amidine groups is 1. The average Bonchev–Trinajstić information content (AvgIpc) is 2.81. The normalized spacial score (nSPS) is 19.5. The van der Waals surface area contributed by atoms with E-state index in [1.807, 2.05) is 11.8 Å². The molecule has 1 N–H and O–H groups in total. The molecular formula is C12H18N4S. The van der Waals surface area contributed by atoms with Crippen LogP contribution in [0.5, 0.6) is 0 Å². The molecule has 0 aliphatic carbocycles. The summed E-state index contributed by atoms with van der Waals surface area (Å²) in [7, 11) is 0. The largest absolute Gasteiger partial charge is 0.332 e. The zero-order valence-electron chi connectivity index (χ0n) is 10.3. The maximum absolute atomic E-state index is 4.54. The van der Waals surface area contributed by atoms with Crippen molar-refractivity contribution in [3.8, 4) is 0 Å². The molecule has 0 radical (unpaired) electrons. The number of hydrogen-bond donors (Lipinski definition) is 1. The molecule has 1 aliphatic rings. The smallest absolute Gasteiger partial charge is 0.161 e. The molecule has 92 valence electrons. The quantitative estimate of drug-likeness (QED) is 0.892. The highest BCUT2D eigenvalue weighted by Crippen LogP contribution is 2.31. The van der Waals surface area contributed by atoms with E-state index in [-0.39, 0.29) is 0 Å². The number of aliphatic imine (C=N–C) groups is 1. The van der Waals surface area contributed by atoms with E-state index in [1.165, 1.54) is 19.2 Å². The summed E-state index contributed by atoms with van der Waals surface area (Å²) in [6, 6.07) is 0. The van der Waals surface area contributed by atoms with Gasteiger partial charge in [-0.3, -0.25) is 4.99 Å². The molecule has 0 bridgehead atoms. The van der Waals surface area contributed by atoms with Gasteiger partial charge in [-0.1, -0.05) is 38.5 Å². The van der Waals surface area contributed by atoms with Gasteiger partial charge in [0.1, 0.15) is 6.33 Å². The van der Waals surface area contributed by atoms with Crippen LogP contribution in [0.1, 0.15) is 26.7 Å². The van der Waals surface area contributed by atoms with Crippen molar-refractivity contribution in [3.05, 3.63) is 18.7 Å². The van der Waals surface area contributed by atoms with Crippen LogP contribution in [0.3, 0.4) is 0 Å². The molecule has 0 spiro atoms. The molecule has 1 atom stereocenters. The molecule has 1 aromatic rings. The van der Waals surface area contributed by atoms with Gasteiger partial charge in [0.05, 0.1) is 24.6 Å². The molecule has 1 aromatic heterocycles. The van der Waals surface area contributed by atoms with Gasteiger partial charge in [0, 0.05) is 5.25 Å². The van der Waals surface area contributed by atoms with Gasteiger partial charge in [0.25, 0.3) is 0 Å². The number of hydrogen-bond acceptors (Lipinski definition) is 5. The van der Waals surface area contributed by atoms with Gasteiger partial charge in [-0.15, -0.1) is 0 Å². The van der Waals surface area contributed by atoms with Crippen molar-refractivity contribution in [1.29, 1.82) is 0 Å². The van der Waals surface area contributed by atoms with Crippen LogP contribution in [-0.4, -0.2) is 26.9 Å². The summed E-state index contributed by atoms with van der Waals surface area (Å²) in [6.45, 7) is 5.43. The van der Waals surface area contributed by atoms with Gasteiger partial charge in [-0.25, -0.2) is 9.97 Å². The highest BCUT2D eigenvalue weighted by atomic mass is 32.2. The average molecular weight is 250 g/mol. The Morgan fingerprint density at radius 1 is 1.35 bits per heavy atom. The fourth-order valence-corrected chi connectivity index (χ4v) is 3.35. The van der Waals surface area contributed by atoms with Crippen molar-refractivity contribution < 1.29 is 0 Å². The lowest BCUT2D eigenvalue weighted by molar-refractivity contribution is 0.479. The summed E-state index contributed by atoms with van der Waals surface area (Å²) in [4.78, 5) is 12.5. The van der Waals surface area contributed by atoms with Crippen molar-refractivity contribution in [2.45, 2.75) is 31.9 Å². The Labute approximate surface area is 106 Å². The third-order valence-electron chi connectivity index (χ3n) is 3.06. The summed E-state index contributed by atoms with van der Waals surface area (Å²) in [5.41, 5.74) is 0.906. The van der Waals surface area contributed by atoms with E-state index in [0.29, 0.717) is 5.25 Å². The second-order valence-electron chi connectivity index (χ2n) is 4.13. The Hall–Kier alpha value is -1.10. The van der Waals surface area contributed by atoms with Crippen LogP contribution in [0.4, 0.5) is 5.69 Å². The standard InChI is InChI=1S/C12H18N4S/c1-3-9(4-2)11-7-15-12(17-11)16-10-5-13-8-14-6-10/h5-6,8-9,11H,3-4,7H2,1-2H3,(H,15,16). The lowest BCUT2D eigenvalue weighted by Crippen LogP contribution is -2.17. The number of anilines is 1. The molecule has 0 aromatic carbocycles. The summed E-state index contributed by atoms with van der Waals surface area (Å²) >= 11 is 1.85. The number of thioether (sulfide) groups is 1. The van der Waals surface area contributed by atoms with E-state index in [1.54, 1.807) is 12.4 Å². The highest BCUT2D eigenvalue weighted by Gasteiger charge is 2.25. The minimum absolute atomic E-state index is 0.622. The maximum atomic E-state index is 4.54. The van der Waals surface area contributed by atoms with Crippen molar-refractivity contribution in [1.82, 2.24) is 9.97 Å². The van der Waals surface area contributed by atoms with Gasteiger partial charge in [-0.05, 0) is 5.92 Å². The molecular weight excluding hydrogens is 232 g/mol. The highest BCUT2D eigenvalue weighted by molar-refractivity contribution is 8.15. The Bertz CT molecular complexity index is 375. The van der Waals surface area contributed by atoms with Gasteiger partial charge in [0.2, 0.25) is 0 Å². The van der Waals surface area contributed by atoms with Crippen molar-refractivity contribution in [2.75, 3.05) is 11.9 Å². The van der Waals surface area contributed by atoms with Gasteiger partial charge in [0.15, 0.2) is 5.17 Å². The van der Waals surface area contributed by atoms with Crippen LogP contribution >= 0.6 is 11.8 Å². The molecule has 1 aliphatic heterocycles. The van der Waals surface area contributed by atoms with Crippen molar-refractivity contribution in [2.24, 2.45) is 10.9 Å². The lowest BCUT2D eigenvalue weighted by Gasteiger charge is -2.18. The van der Waals surface area contributed by atoms with E-state index in [9.17, 15) is 0 Å². The lowest BCUT2D eigenvalue weighted by atomic mass is 9.99. The SMILES string of the molecule is CCC(CC)C1CN=C(Nc2cncnc2)S1. The van der Waals surface area contributed by atoms with Crippen LogP contribution in [0.15, 0.2) is 23.7 Å². The maximum Gasteiger partial charge on any atom is 0.161 e. The Kier molecular flexibility index (Phi) is 4.36. The van der Waals surface area contributed by atoms with Gasteiger partial charge in [-0.2, -0.15) is 0 Å². The summed E-state index contributed by atoms with van der Waals surface area (Å²) in [6.07, 6.45) is 7.51. The fraction of sp³-hybridized carbons (Fsp3) is 0.583. The number of rotatable bonds is 4. The van der Waals surface area contributed by atoms with Crippen LogP contribution < -0.4 is 5.32 Å². The first-order valence-corrected chi connectivity index (χ1v) is 6.94. The molecule has 0 amide bonds. The van der Waals surface area contributed by atoms with E-state index >= 15 is 0 Å². The monoisotopic (exact) mass is 250 g/mol. The molecule has 1 unspecified atom stereocenters. The first kappa shape index (κ1) is 12.4. The first-order chi connectivity index (χ1) is 8.33. The number of nitrogens with one attached hydrogen (secondary N) is 1. The van der Waals surface area contributed by atoms with Crippen LogP contribution in [-0.2, 0) is 0 Å². The van der Waals surface area contributed by atoms with E-state index in [2.05, 4.69) is 34.1 Å². The predicted octanol–water partition coefficient (Wildman–Crippen LogP) is 2.80. The molecule has 0 saturated carbocycles. The fourth-order valence-electron chi connectivity index (χ4n) is 2.01.